The number of nitrogens with two attached hydrogens (primary N) is 1. The molecular formula is C15H23N3O2S. The lowest BCUT2D eigenvalue weighted by Gasteiger charge is -2.33. The fraction of sp³-hybridized carbons (Fsp3) is 0.600. The molecule has 21 heavy (non-hydrogen) atoms. The normalized spacial score (nSPS) is 20.0. The number of nitrogens with one attached hydrogen (secondary N) is 1. The molecule has 1 aromatic rings. The van der Waals surface area contributed by atoms with Crippen LogP contribution in [0.5, 0.6) is 0 Å². The first-order valence-corrected chi connectivity index (χ1v) is 8.33. The topological polar surface area (TPSA) is 75.4 Å². The zero-order valence-electron chi connectivity index (χ0n) is 12.4. The molecule has 2 heterocycles. The minimum Gasteiger partial charge on any atom is -0.370 e. The van der Waals surface area contributed by atoms with Crippen molar-refractivity contribution in [1.82, 2.24) is 10.2 Å². The summed E-state index contributed by atoms with van der Waals surface area (Å²) >= 11 is 1.67. The summed E-state index contributed by atoms with van der Waals surface area (Å²) in [4.78, 5) is 25.1. The Morgan fingerprint density at radius 2 is 2.38 bits per heavy atom. The third-order valence-electron chi connectivity index (χ3n) is 3.79. The van der Waals surface area contributed by atoms with Crippen LogP contribution in [0.4, 0.5) is 4.79 Å². The molecule has 6 heteroatoms. The molecule has 5 nitrogen and oxygen atoms in total. The van der Waals surface area contributed by atoms with Crippen LogP contribution >= 0.6 is 11.3 Å². The van der Waals surface area contributed by atoms with Gasteiger partial charge in [-0.05, 0) is 54.5 Å². The molecule has 0 aromatic carbocycles. The Balaban J connectivity index is 1.80. The van der Waals surface area contributed by atoms with E-state index in [1.165, 1.54) is 5.56 Å². The van der Waals surface area contributed by atoms with E-state index < -0.39 is 0 Å². The molecule has 116 valence electrons. The Morgan fingerprint density at radius 3 is 3.05 bits per heavy atom. The van der Waals surface area contributed by atoms with Gasteiger partial charge < -0.3 is 16.0 Å². The first kappa shape index (κ1) is 15.8. The summed E-state index contributed by atoms with van der Waals surface area (Å²) in [6.45, 7) is 3.40. The van der Waals surface area contributed by atoms with E-state index in [1.807, 2.05) is 12.3 Å². The van der Waals surface area contributed by atoms with Crippen molar-refractivity contribution in [3.8, 4) is 0 Å². The zero-order chi connectivity index (χ0) is 15.2. The zero-order valence-corrected chi connectivity index (χ0v) is 13.2. The van der Waals surface area contributed by atoms with Crippen LogP contribution in [0.15, 0.2) is 16.8 Å². The van der Waals surface area contributed by atoms with Gasteiger partial charge in [-0.15, -0.1) is 0 Å². The smallest absolute Gasteiger partial charge is 0.317 e. The first-order valence-electron chi connectivity index (χ1n) is 7.39. The van der Waals surface area contributed by atoms with Crippen molar-refractivity contribution in [2.75, 3.05) is 13.1 Å². The van der Waals surface area contributed by atoms with E-state index in [0.29, 0.717) is 13.0 Å². The number of rotatable bonds is 5. The summed E-state index contributed by atoms with van der Waals surface area (Å²) in [5.41, 5.74) is 6.49. The number of hydrogen-bond acceptors (Lipinski definition) is 3. The summed E-state index contributed by atoms with van der Waals surface area (Å²) in [7, 11) is 0. The minimum atomic E-state index is -0.284. The number of carbonyl (C=O) groups excluding carboxylic acids is 2. The molecule has 3 amide bonds. The quantitative estimate of drug-likeness (QED) is 0.872. The molecule has 1 aliphatic heterocycles. The number of hydrogen-bond donors (Lipinski definition) is 2. The van der Waals surface area contributed by atoms with Gasteiger partial charge in [0.1, 0.15) is 0 Å². The van der Waals surface area contributed by atoms with E-state index in [-0.39, 0.29) is 23.9 Å². The lowest BCUT2D eigenvalue weighted by Crippen LogP contribution is -2.48. The second-order valence-corrected chi connectivity index (χ2v) is 6.59. The lowest BCUT2D eigenvalue weighted by atomic mass is 9.95. The van der Waals surface area contributed by atoms with Crippen LogP contribution in [-0.2, 0) is 11.2 Å². The van der Waals surface area contributed by atoms with Gasteiger partial charge in [0.25, 0.3) is 0 Å². The van der Waals surface area contributed by atoms with Gasteiger partial charge >= 0.3 is 6.03 Å². The number of amides is 3. The number of nitrogens with zero attached hydrogens (tertiary/aromatic N) is 1. The molecule has 1 saturated heterocycles. The maximum atomic E-state index is 12.3. The SMILES string of the molecule is C[C@H](Cc1ccsc1)NC(=O)N1CCC[C@@H](CC(N)=O)C1. The maximum absolute atomic E-state index is 12.3. The van der Waals surface area contributed by atoms with E-state index in [1.54, 1.807) is 16.2 Å². The lowest BCUT2D eigenvalue weighted by molar-refractivity contribution is -0.119. The fourth-order valence-electron chi connectivity index (χ4n) is 2.82. The molecule has 0 aliphatic carbocycles. The predicted molar refractivity (Wildman–Crippen MR) is 84.1 cm³/mol. The first-order chi connectivity index (χ1) is 10.0. The molecule has 1 fully saturated rings. The molecule has 3 N–H and O–H groups in total. The van der Waals surface area contributed by atoms with Gasteiger partial charge in [0, 0.05) is 25.6 Å². The number of likely N-dealkylation sites (tertiary alicyclic amines) is 1. The van der Waals surface area contributed by atoms with Crippen LogP contribution in [0.2, 0.25) is 0 Å². The van der Waals surface area contributed by atoms with E-state index in [9.17, 15) is 9.59 Å². The Kier molecular flexibility index (Phi) is 5.61. The van der Waals surface area contributed by atoms with E-state index in [2.05, 4.69) is 16.8 Å². The number of carbonyl (C=O) groups is 2. The third-order valence-corrected chi connectivity index (χ3v) is 4.52. The summed E-state index contributed by atoms with van der Waals surface area (Å²) in [5.74, 6) is -0.0812. The highest BCUT2D eigenvalue weighted by atomic mass is 32.1. The van der Waals surface area contributed by atoms with Crippen molar-refractivity contribution in [3.05, 3.63) is 22.4 Å². The number of thiophene rings is 1. The molecule has 1 aliphatic rings. The van der Waals surface area contributed by atoms with Gasteiger partial charge in [-0.3, -0.25) is 4.79 Å². The summed E-state index contributed by atoms with van der Waals surface area (Å²) < 4.78 is 0. The standard InChI is InChI=1S/C15H23N3O2S/c1-11(7-13-4-6-21-10-13)17-15(20)18-5-2-3-12(9-18)8-14(16)19/h4,6,10-12H,2-3,5,7-9H2,1H3,(H2,16,19)(H,17,20)/t11-,12+/m1/s1. The molecule has 2 atom stereocenters. The fourth-order valence-corrected chi connectivity index (χ4v) is 3.50. The highest BCUT2D eigenvalue weighted by Gasteiger charge is 2.25. The molecule has 0 bridgehead atoms. The van der Waals surface area contributed by atoms with Crippen molar-refractivity contribution in [1.29, 1.82) is 0 Å². The average Bonchev–Trinajstić information content (AvgIpc) is 2.90. The van der Waals surface area contributed by atoms with Crippen LogP contribution in [0.3, 0.4) is 0 Å². The highest BCUT2D eigenvalue weighted by molar-refractivity contribution is 7.07. The Bertz CT molecular complexity index is 475. The molecule has 1 aromatic heterocycles. The van der Waals surface area contributed by atoms with Crippen LogP contribution in [0.25, 0.3) is 0 Å². The molecular weight excluding hydrogens is 286 g/mol. The highest BCUT2D eigenvalue weighted by Crippen LogP contribution is 2.19. The van der Waals surface area contributed by atoms with Crippen molar-refractivity contribution in [2.24, 2.45) is 11.7 Å². The molecule has 0 unspecified atom stereocenters. The third kappa shape index (κ3) is 5.04. The van der Waals surface area contributed by atoms with E-state index in [4.69, 9.17) is 5.73 Å². The van der Waals surface area contributed by atoms with Crippen molar-refractivity contribution >= 4 is 23.3 Å². The molecule has 0 radical (unpaired) electrons. The van der Waals surface area contributed by atoms with Gasteiger partial charge in [0.05, 0.1) is 0 Å². The predicted octanol–water partition coefficient (Wildman–Crippen LogP) is 1.98. The second-order valence-electron chi connectivity index (χ2n) is 5.81. The Morgan fingerprint density at radius 1 is 1.57 bits per heavy atom. The Hall–Kier alpha value is -1.56. The maximum Gasteiger partial charge on any atom is 0.317 e. The molecule has 2 rings (SSSR count). The minimum absolute atomic E-state index is 0.0353. The molecule has 0 spiro atoms. The van der Waals surface area contributed by atoms with Crippen molar-refractivity contribution in [2.45, 2.75) is 38.6 Å². The average molecular weight is 309 g/mol. The van der Waals surface area contributed by atoms with Crippen molar-refractivity contribution < 1.29 is 9.59 Å². The van der Waals surface area contributed by atoms with Gasteiger partial charge in [-0.1, -0.05) is 0 Å². The summed E-state index contributed by atoms with van der Waals surface area (Å²) in [5, 5.41) is 7.19. The summed E-state index contributed by atoms with van der Waals surface area (Å²) in [6, 6.07) is 2.15. The van der Waals surface area contributed by atoms with Gasteiger partial charge in [-0.25, -0.2) is 4.79 Å². The van der Waals surface area contributed by atoms with Gasteiger partial charge in [-0.2, -0.15) is 11.3 Å². The monoisotopic (exact) mass is 309 g/mol. The summed E-state index contributed by atoms with van der Waals surface area (Å²) in [6.07, 6.45) is 3.11. The number of primary amides is 1. The van der Waals surface area contributed by atoms with Crippen molar-refractivity contribution in [3.63, 3.8) is 0 Å². The van der Waals surface area contributed by atoms with Gasteiger partial charge in [0.2, 0.25) is 5.91 Å². The van der Waals surface area contributed by atoms with E-state index >= 15 is 0 Å². The number of piperidine rings is 1. The van der Waals surface area contributed by atoms with Gasteiger partial charge in [0.15, 0.2) is 0 Å². The second kappa shape index (κ2) is 7.45. The van der Waals surface area contributed by atoms with Crippen LogP contribution < -0.4 is 11.1 Å². The largest absolute Gasteiger partial charge is 0.370 e. The molecule has 0 saturated carbocycles. The van der Waals surface area contributed by atoms with Crippen LogP contribution in [0.1, 0.15) is 31.7 Å². The number of urea groups is 1. The Labute approximate surface area is 129 Å². The van der Waals surface area contributed by atoms with Crippen LogP contribution in [-0.4, -0.2) is 36.0 Å². The van der Waals surface area contributed by atoms with E-state index in [0.717, 1.165) is 25.8 Å². The van der Waals surface area contributed by atoms with Crippen LogP contribution in [0, 0.1) is 5.92 Å².